The fraction of sp³-hybridized carbons (Fsp3) is 0.500. The number of anilines is 2. The third kappa shape index (κ3) is 2.69. The molecule has 0 bridgehead atoms. The number of amides is 1. The van der Waals surface area contributed by atoms with Crippen molar-refractivity contribution in [3.05, 3.63) is 22.7 Å². The quantitative estimate of drug-likeness (QED) is 0.892. The van der Waals surface area contributed by atoms with Crippen molar-refractivity contribution in [2.75, 3.05) is 30.9 Å². The third-order valence-corrected chi connectivity index (χ3v) is 3.59. The SMILES string of the molecule is CNC1C(=O)Nc2cc(N(C)CC(C)C)c(Cl)cc21. The van der Waals surface area contributed by atoms with Crippen LogP contribution in [0.25, 0.3) is 0 Å². The summed E-state index contributed by atoms with van der Waals surface area (Å²) < 4.78 is 0. The molecule has 2 N–H and O–H groups in total. The van der Waals surface area contributed by atoms with Gasteiger partial charge in [0.2, 0.25) is 5.91 Å². The molecule has 0 aromatic heterocycles. The number of hydrogen-bond donors (Lipinski definition) is 2. The second-order valence-corrected chi connectivity index (χ2v) is 5.78. The van der Waals surface area contributed by atoms with Gasteiger partial charge in [0.25, 0.3) is 0 Å². The van der Waals surface area contributed by atoms with E-state index in [-0.39, 0.29) is 11.9 Å². The molecule has 0 aliphatic carbocycles. The van der Waals surface area contributed by atoms with Crippen LogP contribution in [0.15, 0.2) is 12.1 Å². The van der Waals surface area contributed by atoms with Gasteiger partial charge in [-0.15, -0.1) is 0 Å². The third-order valence-electron chi connectivity index (χ3n) is 3.29. The molecule has 1 aliphatic rings. The summed E-state index contributed by atoms with van der Waals surface area (Å²) >= 11 is 6.35. The Bertz CT molecular complexity index is 502. The lowest BCUT2D eigenvalue weighted by Crippen LogP contribution is -2.23. The van der Waals surface area contributed by atoms with E-state index in [9.17, 15) is 4.79 Å². The van der Waals surface area contributed by atoms with Crippen molar-refractivity contribution in [1.29, 1.82) is 0 Å². The molecule has 0 saturated carbocycles. The Balaban J connectivity index is 2.36. The summed E-state index contributed by atoms with van der Waals surface area (Å²) in [7, 11) is 3.78. The number of hydrogen-bond acceptors (Lipinski definition) is 3. The minimum atomic E-state index is -0.308. The highest BCUT2D eigenvalue weighted by atomic mass is 35.5. The number of carbonyl (C=O) groups is 1. The van der Waals surface area contributed by atoms with Gasteiger partial charge in [-0.3, -0.25) is 4.79 Å². The van der Waals surface area contributed by atoms with Crippen molar-refractivity contribution >= 4 is 28.9 Å². The molecule has 4 nitrogen and oxygen atoms in total. The molecule has 0 fully saturated rings. The highest BCUT2D eigenvalue weighted by Crippen LogP contribution is 2.38. The van der Waals surface area contributed by atoms with E-state index in [1.54, 1.807) is 7.05 Å². The van der Waals surface area contributed by atoms with E-state index in [2.05, 4.69) is 29.4 Å². The lowest BCUT2D eigenvalue weighted by atomic mass is 10.1. The van der Waals surface area contributed by atoms with Crippen LogP contribution in [0.1, 0.15) is 25.5 Å². The Morgan fingerprint density at radius 3 is 2.74 bits per heavy atom. The smallest absolute Gasteiger partial charge is 0.246 e. The number of benzene rings is 1. The summed E-state index contributed by atoms with van der Waals surface area (Å²) in [6.07, 6.45) is 0. The van der Waals surface area contributed by atoms with Gasteiger partial charge in [0.1, 0.15) is 6.04 Å². The Labute approximate surface area is 119 Å². The molecule has 1 aliphatic heterocycles. The van der Waals surface area contributed by atoms with Crippen molar-refractivity contribution in [1.82, 2.24) is 5.32 Å². The van der Waals surface area contributed by atoms with Gasteiger partial charge in [-0.1, -0.05) is 25.4 Å². The van der Waals surface area contributed by atoms with Crippen LogP contribution < -0.4 is 15.5 Å². The van der Waals surface area contributed by atoms with Crippen LogP contribution >= 0.6 is 11.6 Å². The lowest BCUT2D eigenvalue weighted by molar-refractivity contribution is -0.117. The second-order valence-electron chi connectivity index (χ2n) is 5.38. The molecule has 1 atom stereocenters. The predicted octanol–water partition coefficient (Wildman–Crippen LogP) is 2.64. The van der Waals surface area contributed by atoms with Crippen LogP contribution in [0.2, 0.25) is 5.02 Å². The van der Waals surface area contributed by atoms with E-state index in [0.29, 0.717) is 10.9 Å². The van der Waals surface area contributed by atoms with E-state index < -0.39 is 0 Å². The average Bonchev–Trinajstić information content (AvgIpc) is 2.61. The van der Waals surface area contributed by atoms with Crippen LogP contribution in [0.4, 0.5) is 11.4 Å². The summed E-state index contributed by atoms with van der Waals surface area (Å²) in [5.74, 6) is 0.520. The Morgan fingerprint density at radius 2 is 2.16 bits per heavy atom. The summed E-state index contributed by atoms with van der Waals surface area (Å²) in [5, 5.41) is 6.56. The molecule has 1 amide bonds. The fourth-order valence-electron chi connectivity index (χ4n) is 2.50. The zero-order chi connectivity index (χ0) is 14.2. The van der Waals surface area contributed by atoms with E-state index in [0.717, 1.165) is 23.5 Å². The first-order valence-corrected chi connectivity index (χ1v) is 6.84. The van der Waals surface area contributed by atoms with Crippen molar-refractivity contribution in [3.63, 3.8) is 0 Å². The van der Waals surface area contributed by atoms with Crippen LogP contribution in [0.5, 0.6) is 0 Å². The summed E-state index contributed by atoms with van der Waals surface area (Å²) in [5.41, 5.74) is 2.71. The topological polar surface area (TPSA) is 44.4 Å². The van der Waals surface area contributed by atoms with Crippen molar-refractivity contribution in [3.8, 4) is 0 Å². The first-order valence-electron chi connectivity index (χ1n) is 6.46. The number of rotatable bonds is 4. The van der Waals surface area contributed by atoms with Crippen LogP contribution in [-0.4, -0.2) is 26.5 Å². The largest absolute Gasteiger partial charge is 0.373 e. The molecular weight excluding hydrogens is 262 g/mol. The van der Waals surface area contributed by atoms with Crippen LogP contribution in [0, 0.1) is 5.92 Å². The van der Waals surface area contributed by atoms with Crippen molar-refractivity contribution in [2.24, 2.45) is 5.92 Å². The van der Waals surface area contributed by atoms with Crippen LogP contribution in [-0.2, 0) is 4.79 Å². The zero-order valence-corrected chi connectivity index (χ0v) is 12.5. The van der Waals surface area contributed by atoms with Gasteiger partial charge in [-0.25, -0.2) is 0 Å². The molecule has 1 aromatic carbocycles. The molecule has 5 heteroatoms. The molecular formula is C14H20ClN3O. The number of carbonyl (C=O) groups excluding carboxylic acids is 1. The van der Waals surface area contributed by atoms with Crippen LogP contribution in [0.3, 0.4) is 0 Å². The normalized spacial score (nSPS) is 17.6. The summed E-state index contributed by atoms with van der Waals surface area (Å²) in [6.45, 7) is 5.25. The first kappa shape index (κ1) is 14.2. The zero-order valence-electron chi connectivity index (χ0n) is 11.7. The second kappa shape index (κ2) is 5.39. The van der Waals surface area contributed by atoms with Gasteiger partial charge in [0.15, 0.2) is 0 Å². The number of likely N-dealkylation sites (N-methyl/N-ethyl adjacent to an activating group) is 1. The molecule has 1 heterocycles. The minimum Gasteiger partial charge on any atom is -0.373 e. The first-order chi connectivity index (χ1) is 8.93. The van der Waals surface area contributed by atoms with Gasteiger partial charge >= 0.3 is 0 Å². The maximum Gasteiger partial charge on any atom is 0.246 e. The molecule has 1 unspecified atom stereocenters. The van der Waals surface area contributed by atoms with E-state index in [4.69, 9.17) is 11.6 Å². The maximum atomic E-state index is 11.8. The monoisotopic (exact) mass is 281 g/mol. The molecule has 2 rings (SSSR count). The molecule has 1 aromatic rings. The average molecular weight is 282 g/mol. The predicted molar refractivity (Wildman–Crippen MR) is 80.0 cm³/mol. The minimum absolute atomic E-state index is 0.0303. The highest BCUT2D eigenvalue weighted by molar-refractivity contribution is 6.33. The number of halogens is 1. The Kier molecular flexibility index (Phi) is 4.02. The maximum absolute atomic E-state index is 11.8. The molecule has 0 saturated heterocycles. The number of nitrogens with one attached hydrogen (secondary N) is 2. The Hall–Kier alpha value is -1.26. The van der Waals surface area contributed by atoms with E-state index in [1.807, 2.05) is 19.2 Å². The Morgan fingerprint density at radius 1 is 1.47 bits per heavy atom. The van der Waals surface area contributed by atoms with E-state index >= 15 is 0 Å². The van der Waals surface area contributed by atoms with Gasteiger partial charge < -0.3 is 15.5 Å². The van der Waals surface area contributed by atoms with Crippen molar-refractivity contribution in [2.45, 2.75) is 19.9 Å². The van der Waals surface area contributed by atoms with Gasteiger partial charge in [0.05, 0.1) is 10.7 Å². The summed E-state index contributed by atoms with van der Waals surface area (Å²) in [6, 6.07) is 3.52. The molecule has 104 valence electrons. The number of fused-ring (bicyclic) bond motifs is 1. The van der Waals surface area contributed by atoms with E-state index in [1.165, 1.54) is 0 Å². The van der Waals surface area contributed by atoms with Crippen molar-refractivity contribution < 1.29 is 4.79 Å². The lowest BCUT2D eigenvalue weighted by Gasteiger charge is -2.23. The summed E-state index contributed by atoms with van der Waals surface area (Å²) in [4.78, 5) is 13.9. The number of nitrogens with zero attached hydrogens (tertiary/aromatic N) is 1. The molecule has 19 heavy (non-hydrogen) atoms. The molecule has 0 spiro atoms. The standard InChI is InChI=1S/C14H20ClN3O/c1-8(2)7-18(4)12-6-11-9(5-10(12)15)13(16-3)14(19)17-11/h5-6,8,13,16H,7H2,1-4H3,(H,17,19). The van der Waals surface area contributed by atoms with Gasteiger partial charge in [-0.2, -0.15) is 0 Å². The molecule has 0 radical (unpaired) electrons. The van der Waals surface area contributed by atoms with Gasteiger partial charge in [0, 0.05) is 24.8 Å². The highest BCUT2D eigenvalue weighted by Gasteiger charge is 2.30. The van der Waals surface area contributed by atoms with Gasteiger partial charge in [-0.05, 0) is 25.1 Å². The fourth-order valence-corrected chi connectivity index (χ4v) is 2.81.